The molecule has 0 unspecified atom stereocenters. The fourth-order valence-electron chi connectivity index (χ4n) is 3.59. The van der Waals surface area contributed by atoms with Gasteiger partial charge in [-0.15, -0.1) is 0 Å². The maximum absolute atomic E-state index is 12.7. The van der Waals surface area contributed by atoms with Crippen molar-refractivity contribution >= 4 is 5.91 Å². The lowest BCUT2D eigenvalue weighted by Gasteiger charge is -2.32. The number of nitrogens with one attached hydrogen (secondary N) is 1. The molecule has 3 rings (SSSR count). The molecule has 5 nitrogen and oxygen atoms in total. The Balaban J connectivity index is 1.50. The Morgan fingerprint density at radius 1 is 1.00 bits per heavy atom. The van der Waals surface area contributed by atoms with E-state index in [0.717, 1.165) is 32.5 Å². The summed E-state index contributed by atoms with van der Waals surface area (Å²) in [6.07, 6.45) is 2.19. The van der Waals surface area contributed by atoms with Gasteiger partial charge in [0, 0.05) is 13.1 Å². The number of carbonyl (C=O) groups excluding carboxylic acids is 1. The molecule has 1 amide bonds. The first-order valence-electron chi connectivity index (χ1n) is 9.46. The smallest absolute Gasteiger partial charge is 0.258 e. The van der Waals surface area contributed by atoms with Crippen LogP contribution >= 0.6 is 0 Å². The van der Waals surface area contributed by atoms with Crippen LogP contribution in [0.2, 0.25) is 0 Å². The Hall–Kier alpha value is -2.53. The highest BCUT2D eigenvalue weighted by molar-refractivity contribution is 5.99. The van der Waals surface area contributed by atoms with Crippen molar-refractivity contribution in [1.29, 1.82) is 0 Å². The van der Waals surface area contributed by atoms with Gasteiger partial charge in [0.05, 0.1) is 14.2 Å². The number of ether oxygens (including phenoxy) is 2. The lowest BCUT2D eigenvalue weighted by molar-refractivity contribution is 0.0929. The second-order valence-corrected chi connectivity index (χ2v) is 6.95. The van der Waals surface area contributed by atoms with Gasteiger partial charge in [0.15, 0.2) is 0 Å². The van der Waals surface area contributed by atoms with Crippen LogP contribution in [-0.2, 0) is 6.54 Å². The summed E-state index contributed by atoms with van der Waals surface area (Å²) >= 11 is 0. The molecule has 0 aromatic heterocycles. The first kappa shape index (κ1) is 19.2. The van der Waals surface area contributed by atoms with Crippen LogP contribution in [0.25, 0.3) is 0 Å². The number of benzene rings is 2. The average molecular weight is 368 g/mol. The van der Waals surface area contributed by atoms with E-state index < -0.39 is 0 Å². The van der Waals surface area contributed by atoms with Gasteiger partial charge in [0.25, 0.3) is 5.91 Å². The molecule has 27 heavy (non-hydrogen) atoms. The SMILES string of the molecule is COc1cccc(OC)c1C(=O)NCC1CCN(Cc2ccccc2)CC1. The van der Waals surface area contributed by atoms with Crippen LogP contribution in [0.1, 0.15) is 28.8 Å². The number of likely N-dealkylation sites (tertiary alicyclic amines) is 1. The van der Waals surface area contributed by atoms with Crippen LogP contribution in [0, 0.1) is 5.92 Å². The highest BCUT2D eigenvalue weighted by Crippen LogP contribution is 2.28. The van der Waals surface area contributed by atoms with Crippen molar-refractivity contribution in [3.05, 3.63) is 59.7 Å². The van der Waals surface area contributed by atoms with E-state index in [4.69, 9.17) is 9.47 Å². The Bertz CT molecular complexity index is 718. The predicted octanol–water partition coefficient (Wildman–Crippen LogP) is 3.35. The van der Waals surface area contributed by atoms with E-state index in [1.807, 2.05) is 6.07 Å². The lowest BCUT2D eigenvalue weighted by Crippen LogP contribution is -2.38. The molecule has 144 valence electrons. The number of nitrogens with zero attached hydrogens (tertiary/aromatic N) is 1. The number of hydrogen-bond acceptors (Lipinski definition) is 4. The highest BCUT2D eigenvalue weighted by atomic mass is 16.5. The van der Waals surface area contributed by atoms with E-state index in [-0.39, 0.29) is 5.91 Å². The number of carbonyl (C=O) groups is 1. The minimum atomic E-state index is -0.143. The van der Waals surface area contributed by atoms with Crippen LogP contribution < -0.4 is 14.8 Å². The quantitative estimate of drug-likeness (QED) is 0.814. The Morgan fingerprint density at radius 2 is 1.63 bits per heavy atom. The molecule has 0 saturated carbocycles. The molecule has 1 saturated heterocycles. The largest absolute Gasteiger partial charge is 0.496 e. The summed E-state index contributed by atoms with van der Waals surface area (Å²) < 4.78 is 10.6. The summed E-state index contributed by atoms with van der Waals surface area (Å²) in [5.41, 5.74) is 1.82. The van der Waals surface area contributed by atoms with Gasteiger partial charge < -0.3 is 14.8 Å². The second-order valence-electron chi connectivity index (χ2n) is 6.95. The third kappa shape index (κ3) is 5.01. The molecule has 0 atom stereocenters. The molecule has 0 spiro atoms. The number of piperidine rings is 1. The van der Waals surface area contributed by atoms with Gasteiger partial charge in [-0.25, -0.2) is 0 Å². The average Bonchev–Trinajstić information content (AvgIpc) is 2.73. The monoisotopic (exact) mass is 368 g/mol. The minimum Gasteiger partial charge on any atom is -0.496 e. The number of methoxy groups -OCH3 is 2. The van der Waals surface area contributed by atoms with E-state index in [0.29, 0.717) is 29.5 Å². The van der Waals surface area contributed by atoms with Gasteiger partial charge in [-0.05, 0) is 49.5 Å². The van der Waals surface area contributed by atoms with E-state index in [1.165, 1.54) is 5.56 Å². The molecule has 1 fully saturated rings. The second kappa shape index (κ2) is 9.42. The molecule has 0 bridgehead atoms. The molecule has 1 heterocycles. The molecule has 1 aliphatic rings. The van der Waals surface area contributed by atoms with Crippen LogP contribution in [0.4, 0.5) is 0 Å². The van der Waals surface area contributed by atoms with Gasteiger partial charge in [-0.2, -0.15) is 0 Å². The summed E-state index contributed by atoms with van der Waals surface area (Å²) in [4.78, 5) is 15.2. The molecular weight excluding hydrogens is 340 g/mol. The molecule has 2 aromatic carbocycles. The fourth-order valence-corrected chi connectivity index (χ4v) is 3.59. The molecule has 1 aliphatic heterocycles. The summed E-state index contributed by atoms with van der Waals surface area (Å²) in [5.74, 6) is 1.42. The first-order valence-corrected chi connectivity index (χ1v) is 9.46. The van der Waals surface area contributed by atoms with Crippen molar-refractivity contribution in [2.45, 2.75) is 19.4 Å². The fraction of sp³-hybridized carbons (Fsp3) is 0.409. The zero-order chi connectivity index (χ0) is 19.1. The van der Waals surface area contributed by atoms with E-state index >= 15 is 0 Å². The number of hydrogen-bond donors (Lipinski definition) is 1. The zero-order valence-corrected chi connectivity index (χ0v) is 16.1. The van der Waals surface area contributed by atoms with Crippen molar-refractivity contribution in [3.63, 3.8) is 0 Å². The van der Waals surface area contributed by atoms with Gasteiger partial charge in [0.1, 0.15) is 17.1 Å². The van der Waals surface area contributed by atoms with Crippen molar-refractivity contribution < 1.29 is 14.3 Å². The summed E-state index contributed by atoms with van der Waals surface area (Å²) in [7, 11) is 3.13. The van der Waals surface area contributed by atoms with Crippen molar-refractivity contribution in [2.75, 3.05) is 33.9 Å². The standard InChI is InChI=1S/C22H28N2O3/c1-26-19-9-6-10-20(27-2)21(19)22(25)23-15-17-11-13-24(14-12-17)16-18-7-4-3-5-8-18/h3-10,17H,11-16H2,1-2H3,(H,23,25). The molecule has 0 aliphatic carbocycles. The zero-order valence-electron chi connectivity index (χ0n) is 16.1. The lowest BCUT2D eigenvalue weighted by atomic mass is 9.96. The molecule has 5 heteroatoms. The van der Waals surface area contributed by atoms with Crippen molar-refractivity contribution in [2.24, 2.45) is 5.92 Å². The van der Waals surface area contributed by atoms with Crippen molar-refractivity contribution in [1.82, 2.24) is 10.2 Å². The minimum absolute atomic E-state index is 0.143. The highest BCUT2D eigenvalue weighted by Gasteiger charge is 2.22. The third-order valence-electron chi connectivity index (χ3n) is 5.16. The molecule has 1 N–H and O–H groups in total. The van der Waals surface area contributed by atoms with Crippen molar-refractivity contribution in [3.8, 4) is 11.5 Å². The van der Waals surface area contributed by atoms with Gasteiger partial charge in [-0.3, -0.25) is 9.69 Å². The van der Waals surface area contributed by atoms with Gasteiger partial charge in [-0.1, -0.05) is 36.4 Å². The Morgan fingerprint density at radius 3 is 2.22 bits per heavy atom. The van der Waals surface area contributed by atoms with Gasteiger partial charge >= 0.3 is 0 Å². The normalized spacial score (nSPS) is 15.3. The van der Waals surface area contributed by atoms with Crippen LogP contribution in [-0.4, -0.2) is 44.7 Å². The summed E-state index contributed by atoms with van der Waals surface area (Å²) in [5, 5.41) is 3.07. The maximum Gasteiger partial charge on any atom is 0.258 e. The topological polar surface area (TPSA) is 50.8 Å². The van der Waals surface area contributed by atoms with E-state index in [2.05, 4.69) is 40.5 Å². The van der Waals surface area contributed by atoms with Gasteiger partial charge in [0.2, 0.25) is 0 Å². The molecule has 2 aromatic rings. The number of amides is 1. The predicted molar refractivity (Wildman–Crippen MR) is 106 cm³/mol. The van der Waals surface area contributed by atoms with E-state index in [1.54, 1.807) is 26.4 Å². The molecular formula is C22H28N2O3. The van der Waals surface area contributed by atoms with E-state index in [9.17, 15) is 4.79 Å². The maximum atomic E-state index is 12.7. The third-order valence-corrected chi connectivity index (χ3v) is 5.16. The number of rotatable bonds is 7. The van der Waals surface area contributed by atoms with Crippen LogP contribution in [0.15, 0.2) is 48.5 Å². The Kier molecular flexibility index (Phi) is 6.71. The Labute approximate surface area is 161 Å². The molecule has 0 radical (unpaired) electrons. The van der Waals surface area contributed by atoms with Crippen LogP contribution in [0.3, 0.4) is 0 Å². The summed E-state index contributed by atoms with van der Waals surface area (Å²) in [6, 6.07) is 15.9. The first-order chi connectivity index (χ1) is 13.2. The summed E-state index contributed by atoms with van der Waals surface area (Å²) in [6.45, 7) is 3.80. The van der Waals surface area contributed by atoms with Crippen LogP contribution in [0.5, 0.6) is 11.5 Å².